The van der Waals surface area contributed by atoms with Crippen LogP contribution in [0.3, 0.4) is 0 Å². The molecular formula is C15H13N3O6. The van der Waals surface area contributed by atoms with Crippen molar-refractivity contribution in [2.75, 3.05) is 5.32 Å². The average molecular weight is 331 g/mol. The molecule has 0 aromatic heterocycles. The van der Waals surface area contributed by atoms with Crippen LogP contribution < -0.4 is 10.1 Å². The highest BCUT2D eigenvalue weighted by Crippen LogP contribution is 2.20. The highest BCUT2D eigenvalue weighted by Gasteiger charge is 2.16. The Morgan fingerprint density at radius 2 is 1.67 bits per heavy atom. The van der Waals surface area contributed by atoms with Crippen molar-refractivity contribution in [2.24, 2.45) is 0 Å². The molecule has 0 heterocycles. The Morgan fingerprint density at radius 3 is 2.25 bits per heavy atom. The molecule has 0 bridgehead atoms. The van der Waals surface area contributed by atoms with Crippen molar-refractivity contribution in [3.63, 3.8) is 0 Å². The van der Waals surface area contributed by atoms with Gasteiger partial charge in [0.25, 0.3) is 17.3 Å². The van der Waals surface area contributed by atoms with Gasteiger partial charge in [-0.2, -0.15) is 0 Å². The molecule has 0 spiro atoms. The van der Waals surface area contributed by atoms with E-state index in [1.54, 1.807) is 0 Å². The molecule has 0 fully saturated rings. The summed E-state index contributed by atoms with van der Waals surface area (Å²) in [6.45, 7) is 1.49. The number of anilines is 1. The third-order valence-electron chi connectivity index (χ3n) is 3.05. The van der Waals surface area contributed by atoms with Crippen molar-refractivity contribution < 1.29 is 19.4 Å². The highest BCUT2D eigenvalue weighted by atomic mass is 16.6. The van der Waals surface area contributed by atoms with Gasteiger partial charge in [0.2, 0.25) is 0 Å². The number of hydrogen-bond donors (Lipinski definition) is 1. The lowest BCUT2D eigenvalue weighted by Crippen LogP contribution is -2.30. The molecule has 1 N–H and O–H groups in total. The Kier molecular flexibility index (Phi) is 5.05. The average Bonchev–Trinajstić information content (AvgIpc) is 2.55. The first-order chi connectivity index (χ1) is 11.4. The van der Waals surface area contributed by atoms with Crippen LogP contribution in [0.15, 0.2) is 48.5 Å². The van der Waals surface area contributed by atoms with Crippen LogP contribution in [0.2, 0.25) is 0 Å². The van der Waals surface area contributed by atoms with Crippen molar-refractivity contribution in [1.29, 1.82) is 0 Å². The van der Waals surface area contributed by atoms with Crippen LogP contribution in [0.25, 0.3) is 0 Å². The molecule has 0 saturated carbocycles. The van der Waals surface area contributed by atoms with Crippen LogP contribution in [-0.2, 0) is 4.79 Å². The van der Waals surface area contributed by atoms with Crippen molar-refractivity contribution in [3.05, 3.63) is 68.8 Å². The lowest BCUT2D eigenvalue weighted by Gasteiger charge is -2.14. The van der Waals surface area contributed by atoms with E-state index >= 15 is 0 Å². The van der Waals surface area contributed by atoms with E-state index in [4.69, 9.17) is 4.74 Å². The summed E-state index contributed by atoms with van der Waals surface area (Å²) in [6.07, 6.45) is -0.897. The third kappa shape index (κ3) is 4.26. The second-order valence-corrected chi connectivity index (χ2v) is 4.81. The molecule has 2 aromatic carbocycles. The summed E-state index contributed by atoms with van der Waals surface area (Å²) in [5.41, 5.74) is 0.0427. The predicted octanol–water partition coefficient (Wildman–Crippen LogP) is 2.91. The minimum absolute atomic E-state index is 0.0870. The zero-order chi connectivity index (χ0) is 17.7. The van der Waals surface area contributed by atoms with Crippen LogP contribution in [-0.4, -0.2) is 21.9 Å². The largest absolute Gasteiger partial charge is 0.481 e. The summed E-state index contributed by atoms with van der Waals surface area (Å²) in [6, 6.07) is 10.8. The molecule has 9 heteroatoms. The number of carbonyl (C=O) groups excluding carboxylic acids is 1. The number of hydrogen-bond acceptors (Lipinski definition) is 6. The van der Waals surface area contributed by atoms with E-state index in [1.165, 1.54) is 55.5 Å². The summed E-state index contributed by atoms with van der Waals surface area (Å²) in [5, 5.41) is 23.8. The maximum Gasteiger partial charge on any atom is 0.271 e. The molecule has 24 heavy (non-hydrogen) atoms. The molecule has 1 amide bonds. The first kappa shape index (κ1) is 16.9. The normalized spacial score (nSPS) is 11.4. The predicted molar refractivity (Wildman–Crippen MR) is 84.9 cm³/mol. The molecular weight excluding hydrogens is 318 g/mol. The zero-order valence-corrected chi connectivity index (χ0v) is 12.5. The minimum Gasteiger partial charge on any atom is -0.481 e. The first-order valence-electron chi connectivity index (χ1n) is 6.83. The molecule has 0 aliphatic rings. The van der Waals surface area contributed by atoms with Crippen molar-refractivity contribution in [1.82, 2.24) is 0 Å². The molecule has 2 aromatic rings. The number of nitro groups is 2. The first-order valence-corrected chi connectivity index (χ1v) is 6.83. The van der Waals surface area contributed by atoms with Gasteiger partial charge in [-0.15, -0.1) is 0 Å². The summed E-state index contributed by atoms with van der Waals surface area (Å²) >= 11 is 0. The van der Waals surface area contributed by atoms with Crippen molar-refractivity contribution >= 4 is 23.0 Å². The van der Waals surface area contributed by atoms with Crippen molar-refractivity contribution in [3.8, 4) is 5.75 Å². The number of carbonyl (C=O) groups is 1. The van der Waals surface area contributed by atoms with Gasteiger partial charge in [0.15, 0.2) is 6.10 Å². The summed E-state index contributed by atoms with van der Waals surface area (Å²) in [4.78, 5) is 32.2. The van der Waals surface area contributed by atoms with Crippen LogP contribution in [0.1, 0.15) is 6.92 Å². The Labute approximate surface area is 136 Å². The SMILES string of the molecule is CC(Oc1ccc([N+](=O)[O-])cc1)C(=O)Nc1cccc([N+](=O)[O-])c1. The Hall–Kier alpha value is -3.49. The van der Waals surface area contributed by atoms with Gasteiger partial charge >= 0.3 is 0 Å². The van der Waals surface area contributed by atoms with E-state index in [0.29, 0.717) is 5.75 Å². The molecule has 2 rings (SSSR count). The fraction of sp³-hybridized carbons (Fsp3) is 0.133. The van der Waals surface area contributed by atoms with Gasteiger partial charge in [-0.3, -0.25) is 25.0 Å². The molecule has 1 unspecified atom stereocenters. The van der Waals surface area contributed by atoms with Gasteiger partial charge in [0, 0.05) is 30.0 Å². The second-order valence-electron chi connectivity index (χ2n) is 4.81. The van der Waals surface area contributed by atoms with E-state index in [9.17, 15) is 25.0 Å². The molecule has 0 radical (unpaired) electrons. The Bertz CT molecular complexity index is 775. The number of benzene rings is 2. The van der Waals surface area contributed by atoms with E-state index in [2.05, 4.69) is 5.32 Å². The lowest BCUT2D eigenvalue weighted by molar-refractivity contribution is -0.385. The van der Waals surface area contributed by atoms with E-state index in [1.807, 2.05) is 0 Å². The topological polar surface area (TPSA) is 125 Å². The summed E-state index contributed by atoms with van der Waals surface area (Å²) in [7, 11) is 0. The number of nitrogens with zero attached hydrogens (tertiary/aromatic N) is 2. The molecule has 0 aliphatic heterocycles. The van der Waals surface area contributed by atoms with Crippen LogP contribution >= 0.6 is 0 Å². The van der Waals surface area contributed by atoms with Gasteiger partial charge in [-0.25, -0.2) is 0 Å². The van der Waals surface area contributed by atoms with Gasteiger partial charge in [-0.1, -0.05) is 6.07 Å². The van der Waals surface area contributed by atoms with Crippen molar-refractivity contribution in [2.45, 2.75) is 13.0 Å². The van der Waals surface area contributed by atoms with Gasteiger partial charge < -0.3 is 10.1 Å². The fourth-order valence-corrected chi connectivity index (χ4v) is 1.85. The van der Waals surface area contributed by atoms with E-state index in [0.717, 1.165) is 0 Å². The summed E-state index contributed by atoms with van der Waals surface area (Å²) in [5.74, 6) is -0.212. The number of nitro benzene ring substituents is 2. The van der Waals surface area contributed by atoms with Gasteiger partial charge in [-0.05, 0) is 25.1 Å². The lowest BCUT2D eigenvalue weighted by atomic mass is 10.2. The number of rotatable bonds is 6. The van der Waals surface area contributed by atoms with Crippen LogP contribution in [0, 0.1) is 20.2 Å². The summed E-state index contributed by atoms with van der Waals surface area (Å²) < 4.78 is 5.39. The Balaban J connectivity index is 2.00. The standard InChI is InChI=1S/C15H13N3O6/c1-10(24-14-7-5-12(6-8-14)17(20)21)15(19)16-11-3-2-4-13(9-11)18(22)23/h2-10H,1H3,(H,16,19). The molecule has 1 atom stereocenters. The molecule has 9 nitrogen and oxygen atoms in total. The number of amides is 1. The van der Waals surface area contributed by atoms with Crippen LogP contribution in [0.5, 0.6) is 5.75 Å². The number of ether oxygens (including phenoxy) is 1. The van der Waals surface area contributed by atoms with E-state index < -0.39 is 21.9 Å². The third-order valence-corrected chi connectivity index (χ3v) is 3.05. The monoisotopic (exact) mass is 331 g/mol. The van der Waals surface area contributed by atoms with Crippen LogP contribution in [0.4, 0.5) is 17.1 Å². The number of nitrogens with one attached hydrogen (secondary N) is 1. The second kappa shape index (κ2) is 7.18. The van der Waals surface area contributed by atoms with Gasteiger partial charge in [0.05, 0.1) is 9.85 Å². The minimum atomic E-state index is -0.897. The Morgan fingerprint density at radius 1 is 1.04 bits per heavy atom. The zero-order valence-electron chi connectivity index (χ0n) is 12.5. The fourth-order valence-electron chi connectivity index (χ4n) is 1.85. The molecule has 0 saturated heterocycles. The van der Waals surface area contributed by atoms with Gasteiger partial charge in [0.1, 0.15) is 5.75 Å². The molecule has 0 aliphatic carbocycles. The quantitative estimate of drug-likeness (QED) is 0.641. The highest BCUT2D eigenvalue weighted by molar-refractivity contribution is 5.94. The maximum atomic E-state index is 12.1. The molecule has 124 valence electrons. The smallest absolute Gasteiger partial charge is 0.271 e. The van der Waals surface area contributed by atoms with E-state index in [-0.39, 0.29) is 17.1 Å². The maximum absolute atomic E-state index is 12.1. The number of non-ortho nitro benzene ring substituents is 2.